The van der Waals surface area contributed by atoms with Crippen molar-refractivity contribution in [3.8, 4) is 0 Å². The van der Waals surface area contributed by atoms with E-state index in [4.69, 9.17) is 0 Å². The lowest BCUT2D eigenvalue weighted by Crippen LogP contribution is -2.13. The van der Waals surface area contributed by atoms with Gasteiger partial charge in [-0.1, -0.05) is 29.2 Å². The Balaban J connectivity index is 1.66. The van der Waals surface area contributed by atoms with E-state index in [1.807, 2.05) is 18.4 Å². The highest BCUT2D eigenvalue weighted by molar-refractivity contribution is 8.00. The molecule has 0 aliphatic rings. The molecule has 0 aliphatic carbocycles. The predicted molar refractivity (Wildman–Crippen MR) is 104 cm³/mol. The van der Waals surface area contributed by atoms with Gasteiger partial charge in [0.25, 0.3) is 5.91 Å². The number of anilines is 1. The summed E-state index contributed by atoms with van der Waals surface area (Å²) in [5, 5.41) is 2.92. The number of aromatic nitrogens is 2. The molecule has 27 heavy (non-hydrogen) atoms. The number of nitrogens with zero attached hydrogens (tertiary/aromatic N) is 2. The number of fused-ring (bicyclic) bond motifs is 3. The smallest absolute Gasteiger partial charge is 0.298 e. The third kappa shape index (κ3) is 3.52. The molecule has 0 saturated carbocycles. The van der Waals surface area contributed by atoms with E-state index in [1.54, 1.807) is 23.1 Å². The highest BCUT2D eigenvalue weighted by Gasteiger charge is 2.31. The van der Waals surface area contributed by atoms with Crippen LogP contribution in [0.4, 0.5) is 18.3 Å². The van der Waals surface area contributed by atoms with Crippen molar-refractivity contribution < 1.29 is 18.0 Å². The molecule has 2 aromatic carbocycles. The second kappa shape index (κ2) is 6.77. The quantitative estimate of drug-likeness (QED) is 0.415. The lowest BCUT2D eigenvalue weighted by atomic mass is 10.1. The number of benzene rings is 2. The van der Waals surface area contributed by atoms with Gasteiger partial charge in [0, 0.05) is 5.56 Å². The van der Waals surface area contributed by atoms with Crippen LogP contribution in [0.15, 0.2) is 40.7 Å². The van der Waals surface area contributed by atoms with Crippen LogP contribution in [0.2, 0.25) is 0 Å². The van der Waals surface area contributed by atoms with Gasteiger partial charge in [-0.2, -0.15) is 13.2 Å². The van der Waals surface area contributed by atoms with Gasteiger partial charge in [0.1, 0.15) is 0 Å². The Hall–Kier alpha value is -2.17. The fourth-order valence-corrected chi connectivity index (χ4v) is 5.15. The van der Waals surface area contributed by atoms with Crippen LogP contribution < -0.4 is 5.32 Å². The van der Waals surface area contributed by atoms with Gasteiger partial charge in [-0.3, -0.25) is 10.1 Å². The Morgan fingerprint density at radius 1 is 1.07 bits per heavy atom. The second-order valence-electron chi connectivity index (χ2n) is 5.50. The maximum absolute atomic E-state index is 12.8. The minimum Gasteiger partial charge on any atom is -0.298 e. The third-order valence-electron chi connectivity index (χ3n) is 3.74. The summed E-state index contributed by atoms with van der Waals surface area (Å²) in [7, 11) is 0. The molecule has 2 heterocycles. The molecule has 0 bridgehead atoms. The molecule has 1 N–H and O–H groups in total. The van der Waals surface area contributed by atoms with Gasteiger partial charge >= 0.3 is 6.18 Å². The summed E-state index contributed by atoms with van der Waals surface area (Å²) in [5.41, 5.74) is 0.631. The van der Waals surface area contributed by atoms with Crippen LogP contribution in [-0.4, -0.2) is 22.1 Å². The zero-order chi connectivity index (χ0) is 19.2. The zero-order valence-corrected chi connectivity index (χ0v) is 16.1. The number of nitrogens with one attached hydrogen (secondary N) is 1. The number of alkyl halides is 3. The molecule has 0 radical (unpaired) electrons. The highest BCUT2D eigenvalue weighted by Crippen LogP contribution is 2.38. The van der Waals surface area contributed by atoms with Crippen LogP contribution in [0, 0.1) is 0 Å². The van der Waals surface area contributed by atoms with Gasteiger partial charge in [-0.15, -0.1) is 11.3 Å². The third-order valence-corrected chi connectivity index (χ3v) is 6.95. The number of halogens is 3. The van der Waals surface area contributed by atoms with Crippen LogP contribution in [0.25, 0.3) is 20.4 Å². The number of hydrogen-bond donors (Lipinski definition) is 1. The Morgan fingerprint density at radius 3 is 2.48 bits per heavy atom. The van der Waals surface area contributed by atoms with Gasteiger partial charge in [0.05, 0.1) is 26.0 Å². The maximum atomic E-state index is 12.8. The molecule has 0 atom stereocenters. The summed E-state index contributed by atoms with van der Waals surface area (Å²) in [6.07, 6.45) is -2.55. The number of hydrogen-bond acceptors (Lipinski definition) is 6. The fraction of sp³-hybridized carbons (Fsp3) is 0.118. The molecule has 2 aromatic heterocycles. The van der Waals surface area contributed by atoms with Crippen LogP contribution in [-0.2, 0) is 6.18 Å². The molecule has 0 unspecified atom stereocenters. The van der Waals surface area contributed by atoms with Gasteiger partial charge in [0.2, 0.25) is 0 Å². The Bertz CT molecular complexity index is 1170. The Kier molecular flexibility index (Phi) is 4.57. The lowest BCUT2D eigenvalue weighted by Gasteiger charge is -2.08. The summed E-state index contributed by atoms with van der Waals surface area (Å²) in [4.78, 5) is 21.2. The monoisotopic (exact) mass is 425 g/mol. The van der Waals surface area contributed by atoms with Crippen molar-refractivity contribution in [2.24, 2.45) is 0 Å². The van der Waals surface area contributed by atoms with E-state index in [-0.39, 0.29) is 5.56 Å². The normalized spacial score (nSPS) is 12.0. The molecule has 138 valence electrons. The first-order chi connectivity index (χ1) is 12.8. The lowest BCUT2D eigenvalue weighted by molar-refractivity contribution is -0.137. The number of carbonyl (C=O) groups excluding carboxylic acids is 1. The van der Waals surface area contributed by atoms with Gasteiger partial charge < -0.3 is 0 Å². The van der Waals surface area contributed by atoms with Crippen molar-refractivity contribution in [2.45, 2.75) is 10.5 Å². The van der Waals surface area contributed by atoms with Crippen molar-refractivity contribution in [2.75, 3.05) is 11.6 Å². The SMILES string of the molecule is CSc1nc2ccc3nc(NC(=O)c4cccc(C(F)(F)F)c4)sc3c2s1. The van der Waals surface area contributed by atoms with Gasteiger partial charge in [0.15, 0.2) is 9.47 Å². The van der Waals surface area contributed by atoms with Crippen molar-refractivity contribution in [1.82, 2.24) is 9.97 Å². The molecule has 0 saturated heterocycles. The molecular formula is C17H10F3N3OS3. The minimum absolute atomic E-state index is 0.0725. The predicted octanol–water partition coefficient (Wildman–Crippen LogP) is 5.90. The van der Waals surface area contributed by atoms with Crippen LogP contribution in [0.5, 0.6) is 0 Å². The van der Waals surface area contributed by atoms with Gasteiger partial charge in [-0.25, -0.2) is 9.97 Å². The first-order valence-electron chi connectivity index (χ1n) is 7.58. The molecule has 0 spiro atoms. The number of thioether (sulfide) groups is 1. The zero-order valence-electron chi connectivity index (χ0n) is 13.6. The average Bonchev–Trinajstić information content (AvgIpc) is 3.23. The first kappa shape index (κ1) is 18.2. The van der Waals surface area contributed by atoms with Crippen molar-refractivity contribution in [3.05, 3.63) is 47.5 Å². The number of rotatable bonds is 3. The summed E-state index contributed by atoms with van der Waals surface area (Å²) >= 11 is 4.37. The molecule has 4 aromatic rings. The molecule has 4 rings (SSSR count). The van der Waals surface area contributed by atoms with E-state index < -0.39 is 17.6 Å². The van der Waals surface area contributed by atoms with E-state index >= 15 is 0 Å². The Labute approximate surface area is 163 Å². The van der Waals surface area contributed by atoms with Crippen LogP contribution in [0.1, 0.15) is 15.9 Å². The van der Waals surface area contributed by atoms with E-state index in [9.17, 15) is 18.0 Å². The second-order valence-corrected chi connectivity index (χ2v) is 8.55. The fourth-order valence-electron chi connectivity index (χ4n) is 2.50. The number of amides is 1. The van der Waals surface area contributed by atoms with E-state index in [1.165, 1.54) is 23.5 Å². The average molecular weight is 425 g/mol. The Morgan fingerprint density at radius 2 is 1.78 bits per heavy atom. The van der Waals surface area contributed by atoms with E-state index in [0.717, 1.165) is 31.4 Å². The minimum atomic E-state index is -4.50. The molecule has 0 aliphatic heterocycles. The molecule has 4 nitrogen and oxygen atoms in total. The van der Waals surface area contributed by atoms with Gasteiger partial charge in [-0.05, 0) is 36.6 Å². The molecule has 10 heteroatoms. The standard InChI is InChI=1S/C17H10F3N3OS3/c1-25-16-22-11-6-5-10-12(13(11)27-16)26-15(21-10)23-14(24)8-3-2-4-9(7-8)17(18,19)20/h2-7H,1H3,(H,21,23,24). The summed E-state index contributed by atoms with van der Waals surface area (Å²) in [6, 6.07) is 7.99. The van der Waals surface area contributed by atoms with Crippen molar-refractivity contribution in [1.29, 1.82) is 0 Å². The van der Waals surface area contributed by atoms with Crippen molar-refractivity contribution >= 4 is 65.9 Å². The molecular weight excluding hydrogens is 415 g/mol. The summed E-state index contributed by atoms with van der Waals surface area (Å²) < 4.78 is 41.3. The van der Waals surface area contributed by atoms with Crippen LogP contribution in [0.3, 0.4) is 0 Å². The molecule has 1 amide bonds. The van der Waals surface area contributed by atoms with Crippen LogP contribution >= 0.6 is 34.4 Å². The number of thiazole rings is 2. The van der Waals surface area contributed by atoms with Crippen molar-refractivity contribution in [3.63, 3.8) is 0 Å². The summed E-state index contributed by atoms with van der Waals surface area (Å²) in [5.74, 6) is -0.634. The number of carbonyl (C=O) groups is 1. The van der Waals surface area contributed by atoms with E-state index in [2.05, 4.69) is 15.3 Å². The largest absolute Gasteiger partial charge is 0.416 e. The highest BCUT2D eigenvalue weighted by atomic mass is 32.2. The first-order valence-corrected chi connectivity index (χ1v) is 10.4. The maximum Gasteiger partial charge on any atom is 0.416 e. The van der Waals surface area contributed by atoms with E-state index in [0.29, 0.717) is 10.6 Å². The molecule has 0 fully saturated rings. The topological polar surface area (TPSA) is 54.9 Å². The summed E-state index contributed by atoms with van der Waals surface area (Å²) in [6.45, 7) is 0.